The summed E-state index contributed by atoms with van der Waals surface area (Å²) < 4.78 is 134. The number of rotatable bonds is 8. The van der Waals surface area contributed by atoms with Gasteiger partial charge >= 0.3 is 18.5 Å². The number of para-hydroxylation sites is 1. The van der Waals surface area contributed by atoms with Crippen LogP contribution in [-0.2, 0) is 29.8 Å². The summed E-state index contributed by atoms with van der Waals surface area (Å²) in [7, 11) is 0. The van der Waals surface area contributed by atoms with Crippen LogP contribution < -0.4 is 0 Å². The predicted octanol–water partition coefficient (Wildman–Crippen LogP) is 16.5. The van der Waals surface area contributed by atoms with Gasteiger partial charge in [0, 0.05) is 56.6 Å². The van der Waals surface area contributed by atoms with Crippen molar-refractivity contribution in [3.05, 3.63) is 195 Å². The van der Waals surface area contributed by atoms with E-state index in [2.05, 4.69) is 15.4 Å². The smallest absolute Gasteiger partial charge is 0.377 e. The highest BCUT2D eigenvalue weighted by Gasteiger charge is 2.40. The van der Waals surface area contributed by atoms with E-state index in [1.807, 2.05) is 66.5 Å². The number of hydrogen-bond donors (Lipinski definition) is 0. The minimum atomic E-state index is -4.38. The molecule has 0 atom stereocenters. The number of aromatic nitrogens is 5. The van der Waals surface area contributed by atoms with Gasteiger partial charge in [0.05, 0.1) is 52.4 Å². The van der Waals surface area contributed by atoms with Gasteiger partial charge in [0.1, 0.15) is 0 Å². The van der Waals surface area contributed by atoms with Gasteiger partial charge in [0.15, 0.2) is 22.7 Å². The van der Waals surface area contributed by atoms with Gasteiger partial charge in [-0.05, 0) is 147 Å². The Morgan fingerprint density at radius 2 is 0.846 bits per heavy atom. The first-order valence-corrected chi connectivity index (χ1v) is 29.8. The Bertz CT molecular complexity index is 4030. The molecule has 0 spiro atoms. The third kappa shape index (κ3) is 14.2. The molecule has 9 aromatic rings. The monoisotopic (exact) mass is 1260 g/mol. The Kier molecular flexibility index (Phi) is 20.2. The van der Waals surface area contributed by atoms with Crippen molar-refractivity contribution in [2.24, 2.45) is 0 Å². The lowest BCUT2D eigenvalue weighted by molar-refractivity contribution is -0.139. The summed E-state index contributed by atoms with van der Waals surface area (Å²) in [5.41, 5.74) is 4.85. The molecule has 0 saturated carbocycles. The van der Waals surface area contributed by atoms with Gasteiger partial charge in [-0.25, -0.2) is 0 Å². The van der Waals surface area contributed by atoms with Crippen LogP contribution in [0.2, 0.25) is 0 Å². The summed E-state index contributed by atoms with van der Waals surface area (Å²) in [6.07, 6.45) is -10.2. The summed E-state index contributed by atoms with van der Waals surface area (Å²) >= 11 is 0. The first-order chi connectivity index (χ1) is 42.6. The number of amides is 3. The minimum absolute atomic E-state index is 0. The highest BCUT2D eigenvalue weighted by atomic mass is 19.4. The van der Waals surface area contributed by atoms with Crippen LogP contribution in [0.4, 0.5) is 39.5 Å². The molecule has 3 aromatic heterocycles. The van der Waals surface area contributed by atoms with Crippen molar-refractivity contribution >= 4 is 50.5 Å². The molecule has 4 saturated heterocycles. The van der Waals surface area contributed by atoms with Gasteiger partial charge in [0.2, 0.25) is 0 Å². The third-order valence-electron chi connectivity index (χ3n) is 17.5. The predicted molar refractivity (Wildman–Crippen MR) is 330 cm³/mol. The van der Waals surface area contributed by atoms with E-state index >= 15 is 0 Å². The van der Waals surface area contributed by atoms with Crippen molar-refractivity contribution in [2.75, 3.05) is 52.5 Å². The van der Waals surface area contributed by atoms with E-state index in [0.29, 0.717) is 137 Å². The second kappa shape index (κ2) is 27.5. The molecule has 3 amide bonds. The fourth-order valence-corrected chi connectivity index (χ4v) is 12.7. The minimum Gasteiger partial charge on any atom is -0.377 e. The topological polar surface area (TPSA) is 132 Å². The Morgan fingerprint density at radius 1 is 0.473 bits per heavy atom. The zero-order valence-corrected chi connectivity index (χ0v) is 49.1. The maximum Gasteiger partial charge on any atom is 0.416 e. The van der Waals surface area contributed by atoms with Crippen molar-refractivity contribution in [2.45, 2.75) is 123 Å². The maximum atomic E-state index is 13.4. The van der Waals surface area contributed by atoms with E-state index in [-0.39, 0.29) is 62.1 Å². The molecule has 4 aliphatic heterocycles. The third-order valence-corrected chi connectivity index (χ3v) is 17.5. The number of likely N-dealkylation sites (tertiary alicyclic amines) is 3. The number of carbonyl (C=O) groups is 3. The van der Waals surface area contributed by atoms with E-state index < -0.39 is 35.2 Å². The Morgan fingerprint density at radius 3 is 1.25 bits per heavy atom. The summed E-state index contributed by atoms with van der Waals surface area (Å²) in [6.45, 7) is 10.2. The molecule has 482 valence electrons. The van der Waals surface area contributed by atoms with Crippen molar-refractivity contribution < 1.29 is 63.2 Å². The zero-order chi connectivity index (χ0) is 62.9. The molecule has 4 fully saturated rings. The van der Waals surface area contributed by atoms with Gasteiger partial charge in [0.25, 0.3) is 17.7 Å². The average molecular weight is 1270 g/mol. The molecule has 0 N–H and O–H groups in total. The molecular formula is C69H73F9N8O5. The maximum absolute atomic E-state index is 13.4. The Balaban J connectivity index is 0.000000160. The molecule has 91 heavy (non-hydrogen) atoms. The molecular weight excluding hydrogens is 1190 g/mol. The molecule has 6 aromatic carbocycles. The van der Waals surface area contributed by atoms with Crippen LogP contribution in [0.3, 0.4) is 0 Å². The fraction of sp³-hybridized carbons (Fsp3) is 0.391. The Hall–Kier alpha value is -8.53. The SMILES string of the molecule is C.C.CCn1nc(C(=O)N2CCC(c3ccccc3C(F)(F)F)CC2)c2ccc(C)cc21.Cc1ccc2c(C(=O)N3CCC(c4ccccc4C(F)(F)F)CC3)nn(C3COC3)c2c1.O=C(c1noc2ccccc12)N1CCC(c2ccccc2C(F)(F)F)CC1. The molecule has 0 aliphatic carbocycles. The van der Waals surface area contributed by atoms with Crippen LogP contribution in [0.15, 0.2) is 138 Å². The summed E-state index contributed by atoms with van der Waals surface area (Å²) in [5.74, 6) is -1.22. The van der Waals surface area contributed by atoms with Crippen molar-refractivity contribution in [1.29, 1.82) is 0 Å². The van der Waals surface area contributed by atoms with Gasteiger partial charge in [-0.15, -0.1) is 0 Å². The van der Waals surface area contributed by atoms with Gasteiger partial charge in [-0.1, -0.05) is 111 Å². The normalized spacial score (nSPS) is 16.3. The first kappa shape index (κ1) is 66.9. The van der Waals surface area contributed by atoms with E-state index in [4.69, 9.17) is 9.26 Å². The molecule has 0 radical (unpaired) electrons. The number of piperidine rings is 3. The molecule has 0 unspecified atom stereocenters. The van der Waals surface area contributed by atoms with E-state index in [9.17, 15) is 53.9 Å². The number of hydrogen-bond acceptors (Lipinski definition) is 8. The quantitative estimate of drug-likeness (QED) is 0.137. The van der Waals surface area contributed by atoms with E-state index in [1.54, 1.807) is 69.3 Å². The lowest BCUT2D eigenvalue weighted by atomic mass is 9.86. The number of halogens is 9. The lowest BCUT2D eigenvalue weighted by Gasteiger charge is -2.33. The summed E-state index contributed by atoms with van der Waals surface area (Å²) in [6, 6.07) is 36.2. The number of nitrogens with zero attached hydrogens (tertiary/aromatic N) is 8. The summed E-state index contributed by atoms with van der Waals surface area (Å²) in [5, 5.41) is 15.3. The molecule has 22 heteroatoms. The number of carbonyl (C=O) groups excluding carboxylic acids is 3. The van der Waals surface area contributed by atoms with Crippen molar-refractivity contribution in [1.82, 2.24) is 39.4 Å². The second-order valence-corrected chi connectivity index (χ2v) is 23.2. The second-order valence-electron chi connectivity index (χ2n) is 23.2. The number of fused-ring (bicyclic) bond motifs is 3. The highest BCUT2D eigenvalue weighted by molar-refractivity contribution is 6.06. The Labute approximate surface area is 521 Å². The number of ether oxygens (including phenoxy) is 1. The van der Waals surface area contributed by atoms with E-state index in [1.165, 1.54) is 24.3 Å². The van der Waals surface area contributed by atoms with Crippen LogP contribution in [0.25, 0.3) is 32.8 Å². The lowest BCUT2D eigenvalue weighted by Crippen LogP contribution is -2.38. The first-order valence-electron chi connectivity index (χ1n) is 29.8. The van der Waals surface area contributed by atoms with E-state index in [0.717, 1.165) is 51.1 Å². The van der Waals surface area contributed by atoms with Gasteiger partial charge < -0.3 is 24.0 Å². The van der Waals surface area contributed by atoms with Crippen LogP contribution >= 0.6 is 0 Å². The van der Waals surface area contributed by atoms with Crippen molar-refractivity contribution in [3.63, 3.8) is 0 Å². The summed E-state index contributed by atoms with van der Waals surface area (Å²) in [4.78, 5) is 44.4. The highest BCUT2D eigenvalue weighted by Crippen LogP contribution is 2.43. The number of benzene rings is 6. The fourth-order valence-electron chi connectivity index (χ4n) is 12.7. The van der Waals surface area contributed by atoms with Crippen molar-refractivity contribution in [3.8, 4) is 0 Å². The van der Waals surface area contributed by atoms with Crippen LogP contribution in [0.1, 0.15) is 160 Å². The zero-order valence-electron chi connectivity index (χ0n) is 49.1. The molecule has 4 aliphatic rings. The number of aryl methyl sites for hydroxylation is 3. The van der Waals surface area contributed by atoms with Gasteiger partial charge in [-0.3, -0.25) is 23.7 Å². The standard InChI is InChI=1S/C24H24F3N3O2.C23H24F3N3O.C20H17F3N2O2.2CH4/c1-15-6-7-19-21(12-15)30(17-13-32-14-17)28-22(19)23(31)29-10-8-16(9-11-29)18-4-2-3-5-20(18)24(25,26)27;1-3-29-20-14-15(2)8-9-18(20)21(27-29)22(30)28-12-10-16(11-13-28)17-6-4-5-7-19(17)23(24,25)26;21-20(22,23)16-7-3-1-5-14(16)13-9-11-25(12-10-13)19(26)18-15-6-2-4-8-17(15)27-24-18;;/h2-7,12,16-17H,8-11,13-14H2,1H3;4-9,14,16H,3,10-13H2,1-2H3;1-8,13H,9-12H2;2*1H4. The van der Waals surface area contributed by atoms with Crippen LogP contribution in [0, 0.1) is 13.8 Å². The largest absolute Gasteiger partial charge is 0.416 e. The number of alkyl halides is 9. The van der Waals surface area contributed by atoms with Crippen LogP contribution in [0.5, 0.6) is 0 Å². The van der Waals surface area contributed by atoms with Gasteiger partial charge in [-0.2, -0.15) is 49.7 Å². The molecule has 13 rings (SSSR count). The molecule has 7 heterocycles. The molecule has 13 nitrogen and oxygen atoms in total. The average Bonchev–Trinajstić information content (AvgIpc) is 1.72. The molecule has 0 bridgehead atoms. The van der Waals surface area contributed by atoms with Crippen LogP contribution in [-0.4, -0.2) is 110 Å².